The lowest BCUT2D eigenvalue weighted by atomic mass is 9.92. The molecule has 1 nitrogen and oxygen atoms in total. The highest BCUT2D eigenvalue weighted by Gasteiger charge is 2.22. The van der Waals surface area contributed by atoms with Gasteiger partial charge < -0.3 is 0 Å². The normalized spacial score (nSPS) is 13.6. The van der Waals surface area contributed by atoms with Crippen molar-refractivity contribution in [1.82, 2.24) is 0 Å². The van der Waals surface area contributed by atoms with Crippen LogP contribution in [0.2, 0.25) is 0 Å². The van der Waals surface area contributed by atoms with E-state index in [2.05, 4.69) is 38.1 Å². The molecule has 0 saturated carbocycles. The van der Waals surface area contributed by atoms with Crippen LogP contribution in [-0.2, 0) is 19.3 Å². The molecule has 0 heterocycles. The smallest absolute Gasteiger partial charge is 0.163 e. The Kier molecular flexibility index (Phi) is 3.43. The third-order valence-corrected chi connectivity index (χ3v) is 4.36. The maximum atomic E-state index is 11.9. The van der Waals surface area contributed by atoms with Crippen molar-refractivity contribution in [3.8, 4) is 11.1 Å². The topological polar surface area (TPSA) is 17.1 Å². The van der Waals surface area contributed by atoms with Gasteiger partial charge in [-0.25, -0.2) is 0 Å². The largest absolute Gasteiger partial charge is 0.294 e. The molecule has 0 amide bonds. The van der Waals surface area contributed by atoms with Crippen LogP contribution in [0.1, 0.15) is 47.3 Å². The van der Waals surface area contributed by atoms with E-state index in [-0.39, 0.29) is 0 Å². The molecule has 0 bridgehead atoms. The lowest BCUT2D eigenvalue weighted by Crippen LogP contribution is -1.95. The van der Waals surface area contributed by atoms with Crippen molar-refractivity contribution < 1.29 is 4.79 Å². The first-order chi connectivity index (χ1) is 9.74. The van der Waals surface area contributed by atoms with E-state index in [4.69, 9.17) is 0 Å². The van der Waals surface area contributed by atoms with Gasteiger partial charge in [0.25, 0.3) is 0 Å². The summed E-state index contributed by atoms with van der Waals surface area (Å²) in [6.45, 7) is 4.41. The highest BCUT2D eigenvalue weighted by Crippen LogP contribution is 2.33. The van der Waals surface area contributed by atoms with Crippen LogP contribution in [0.15, 0.2) is 36.4 Å². The molecule has 2 aromatic rings. The molecule has 0 N–H and O–H groups in total. The van der Waals surface area contributed by atoms with Crippen molar-refractivity contribution in [3.05, 3.63) is 58.7 Å². The first kappa shape index (κ1) is 13.1. The fourth-order valence-corrected chi connectivity index (χ4v) is 3.23. The van der Waals surface area contributed by atoms with Crippen molar-refractivity contribution in [3.63, 3.8) is 0 Å². The number of carbonyl (C=O) groups is 1. The van der Waals surface area contributed by atoms with E-state index >= 15 is 0 Å². The molecule has 2 aromatic carbocycles. The zero-order valence-electron chi connectivity index (χ0n) is 12.2. The van der Waals surface area contributed by atoms with Gasteiger partial charge in [-0.1, -0.05) is 50.2 Å². The second-order valence-corrected chi connectivity index (χ2v) is 5.45. The quantitative estimate of drug-likeness (QED) is 0.791. The first-order valence-corrected chi connectivity index (χ1v) is 7.51. The monoisotopic (exact) mass is 264 g/mol. The Bertz CT molecular complexity index is 667. The lowest BCUT2D eigenvalue weighted by Gasteiger charge is -2.12. The van der Waals surface area contributed by atoms with E-state index in [9.17, 15) is 4.79 Å². The van der Waals surface area contributed by atoms with Gasteiger partial charge >= 0.3 is 0 Å². The summed E-state index contributed by atoms with van der Waals surface area (Å²) in [5.74, 6) is 0.294. The summed E-state index contributed by atoms with van der Waals surface area (Å²) in [5.41, 5.74) is 7.52. The number of aryl methyl sites for hydroxylation is 2. The van der Waals surface area contributed by atoms with Crippen molar-refractivity contribution in [1.29, 1.82) is 0 Å². The number of rotatable bonds is 3. The Balaban J connectivity index is 2.13. The molecule has 0 fully saturated rings. The summed E-state index contributed by atoms with van der Waals surface area (Å²) in [6.07, 6.45) is 3.70. The number of Topliss-reactive ketones (excluding diaryl/α,β-unsaturated/α-hetero) is 1. The van der Waals surface area contributed by atoms with E-state index in [1.54, 1.807) is 0 Å². The molecule has 0 spiro atoms. The van der Waals surface area contributed by atoms with E-state index in [0.29, 0.717) is 12.2 Å². The molecule has 0 unspecified atom stereocenters. The highest BCUT2D eigenvalue weighted by molar-refractivity contribution is 6.02. The Morgan fingerprint density at radius 1 is 0.900 bits per heavy atom. The molecule has 0 saturated heterocycles. The van der Waals surface area contributed by atoms with Crippen molar-refractivity contribution in [2.45, 2.75) is 39.5 Å². The third-order valence-electron chi connectivity index (χ3n) is 4.36. The summed E-state index contributed by atoms with van der Waals surface area (Å²) in [7, 11) is 0. The summed E-state index contributed by atoms with van der Waals surface area (Å²) < 4.78 is 0. The van der Waals surface area contributed by atoms with Gasteiger partial charge in [0.1, 0.15) is 0 Å². The van der Waals surface area contributed by atoms with Crippen molar-refractivity contribution in [2.24, 2.45) is 0 Å². The number of carbonyl (C=O) groups excluding carboxylic acids is 1. The number of benzene rings is 2. The predicted molar refractivity (Wildman–Crippen MR) is 83.3 cm³/mol. The summed E-state index contributed by atoms with van der Waals surface area (Å²) >= 11 is 0. The maximum absolute atomic E-state index is 11.9. The summed E-state index contributed by atoms with van der Waals surface area (Å²) in [5, 5.41) is 0. The zero-order chi connectivity index (χ0) is 14.1. The summed E-state index contributed by atoms with van der Waals surface area (Å²) in [6, 6.07) is 12.9. The fraction of sp³-hybridized carbons (Fsp3) is 0.316. The molecule has 1 heteroatoms. The minimum Gasteiger partial charge on any atom is -0.294 e. The van der Waals surface area contributed by atoms with Crippen molar-refractivity contribution in [2.75, 3.05) is 0 Å². The Morgan fingerprint density at radius 3 is 2.40 bits per heavy atom. The van der Waals surface area contributed by atoms with Gasteiger partial charge in [0, 0.05) is 12.0 Å². The van der Waals surface area contributed by atoms with Crippen LogP contribution in [0.25, 0.3) is 11.1 Å². The zero-order valence-corrected chi connectivity index (χ0v) is 12.2. The Hall–Kier alpha value is -1.89. The predicted octanol–water partition coefficient (Wildman–Crippen LogP) is 4.61. The molecule has 0 atom stereocenters. The van der Waals surface area contributed by atoms with Gasteiger partial charge in [-0.2, -0.15) is 0 Å². The minimum atomic E-state index is 0.294. The maximum Gasteiger partial charge on any atom is 0.163 e. The van der Waals surface area contributed by atoms with E-state index in [1.807, 2.05) is 12.1 Å². The number of fused-ring (bicyclic) bond motifs is 1. The second-order valence-electron chi connectivity index (χ2n) is 5.45. The second kappa shape index (κ2) is 5.24. The molecule has 1 aliphatic rings. The molecule has 102 valence electrons. The van der Waals surface area contributed by atoms with Crippen LogP contribution in [0.4, 0.5) is 0 Å². The molecule has 20 heavy (non-hydrogen) atoms. The van der Waals surface area contributed by atoms with Gasteiger partial charge in [0.15, 0.2) is 5.78 Å². The van der Waals surface area contributed by atoms with E-state index < -0.39 is 0 Å². The Morgan fingerprint density at radius 2 is 1.65 bits per heavy atom. The van der Waals surface area contributed by atoms with Crippen LogP contribution in [0, 0.1) is 0 Å². The highest BCUT2D eigenvalue weighted by atomic mass is 16.1. The number of ketones is 1. The number of hydrogen-bond acceptors (Lipinski definition) is 1. The molecule has 0 aromatic heterocycles. The molecule has 3 rings (SSSR count). The van der Waals surface area contributed by atoms with Crippen molar-refractivity contribution >= 4 is 5.78 Å². The van der Waals surface area contributed by atoms with Gasteiger partial charge in [-0.15, -0.1) is 0 Å². The third kappa shape index (κ3) is 2.07. The summed E-state index contributed by atoms with van der Waals surface area (Å²) in [4.78, 5) is 11.9. The van der Waals surface area contributed by atoms with E-state index in [1.165, 1.54) is 27.8 Å². The SMILES string of the molecule is CCc1ccc(-c2cccc3c2CCC3=O)cc1CC. The molecular formula is C19H20O. The standard InChI is InChI=1S/C19H20O/c1-3-13-8-9-15(12-14(13)4-2)16-6-5-7-18-17(16)10-11-19(18)20/h5-9,12H,3-4,10-11H2,1-2H3. The Labute approximate surface area is 120 Å². The van der Waals surface area contributed by atoms with Gasteiger partial charge in [-0.05, 0) is 47.1 Å². The average Bonchev–Trinajstić information content (AvgIpc) is 2.88. The van der Waals surface area contributed by atoms with Crippen LogP contribution in [-0.4, -0.2) is 5.78 Å². The lowest BCUT2D eigenvalue weighted by molar-refractivity contribution is 0.0994. The van der Waals surface area contributed by atoms with E-state index in [0.717, 1.165) is 24.8 Å². The first-order valence-electron chi connectivity index (χ1n) is 7.51. The minimum absolute atomic E-state index is 0.294. The molecule has 0 radical (unpaired) electrons. The average molecular weight is 264 g/mol. The van der Waals surface area contributed by atoms with Gasteiger partial charge in [0.2, 0.25) is 0 Å². The number of hydrogen-bond donors (Lipinski definition) is 0. The molecule has 0 aliphatic heterocycles. The molecule has 1 aliphatic carbocycles. The fourth-order valence-electron chi connectivity index (χ4n) is 3.23. The molecular weight excluding hydrogens is 244 g/mol. The van der Waals surface area contributed by atoms with Crippen LogP contribution < -0.4 is 0 Å². The van der Waals surface area contributed by atoms with Gasteiger partial charge in [0.05, 0.1) is 0 Å². The van der Waals surface area contributed by atoms with Crippen LogP contribution in [0.5, 0.6) is 0 Å². The van der Waals surface area contributed by atoms with Gasteiger partial charge in [-0.3, -0.25) is 4.79 Å². The van der Waals surface area contributed by atoms with Crippen LogP contribution in [0.3, 0.4) is 0 Å². The van der Waals surface area contributed by atoms with Crippen LogP contribution >= 0.6 is 0 Å².